The van der Waals surface area contributed by atoms with E-state index in [0.29, 0.717) is 18.7 Å². The predicted molar refractivity (Wildman–Crippen MR) is 88.6 cm³/mol. The number of nitriles is 1. The number of hydrogen-bond acceptors (Lipinski definition) is 5. The summed E-state index contributed by atoms with van der Waals surface area (Å²) in [4.78, 5) is 24.5. The molecule has 1 heterocycles. The molecule has 1 unspecified atom stereocenters. The molecule has 24 heavy (non-hydrogen) atoms. The highest BCUT2D eigenvalue weighted by Gasteiger charge is 2.32. The number of hydrogen-bond donors (Lipinski definition) is 1. The lowest BCUT2D eigenvalue weighted by molar-refractivity contribution is -0.384. The Morgan fingerprint density at radius 2 is 2.00 bits per heavy atom. The number of carbonyl (C=O) groups is 1. The van der Waals surface area contributed by atoms with E-state index in [4.69, 9.17) is 0 Å². The highest BCUT2D eigenvalue weighted by Crippen LogP contribution is 2.26. The monoisotopic (exact) mass is 322 g/mol. The first-order valence-electron chi connectivity index (χ1n) is 7.41. The molecule has 1 fully saturated rings. The molecule has 0 radical (unpaired) electrons. The summed E-state index contributed by atoms with van der Waals surface area (Å²) in [5.74, 6) is -0.0801. The second-order valence-corrected chi connectivity index (χ2v) is 5.41. The van der Waals surface area contributed by atoms with Crippen molar-refractivity contribution in [2.45, 2.75) is 12.5 Å². The molecule has 1 saturated heterocycles. The molecule has 0 aromatic heterocycles. The van der Waals surface area contributed by atoms with Crippen LogP contribution in [-0.2, 0) is 4.79 Å². The van der Waals surface area contributed by atoms with Gasteiger partial charge >= 0.3 is 0 Å². The van der Waals surface area contributed by atoms with E-state index >= 15 is 0 Å². The minimum absolute atomic E-state index is 0.0801. The van der Waals surface area contributed by atoms with Crippen LogP contribution in [-0.4, -0.2) is 23.4 Å². The van der Waals surface area contributed by atoms with E-state index in [-0.39, 0.29) is 17.2 Å². The summed E-state index contributed by atoms with van der Waals surface area (Å²) in [5, 5.41) is 23.0. The van der Waals surface area contributed by atoms with Crippen molar-refractivity contribution in [1.29, 1.82) is 5.26 Å². The zero-order chi connectivity index (χ0) is 17.1. The summed E-state index contributed by atoms with van der Waals surface area (Å²) < 4.78 is 0. The average molecular weight is 322 g/mol. The van der Waals surface area contributed by atoms with Gasteiger partial charge in [0.25, 0.3) is 5.69 Å². The van der Waals surface area contributed by atoms with Gasteiger partial charge in [-0.05, 0) is 24.6 Å². The summed E-state index contributed by atoms with van der Waals surface area (Å²) in [6, 6.07) is 14.8. The molecule has 120 valence electrons. The van der Waals surface area contributed by atoms with Crippen LogP contribution in [0.1, 0.15) is 12.0 Å². The van der Waals surface area contributed by atoms with Crippen LogP contribution >= 0.6 is 0 Å². The fraction of sp³-hybridized carbons (Fsp3) is 0.176. The minimum Gasteiger partial charge on any atom is -0.373 e. The number of carbonyl (C=O) groups excluding carboxylic acids is 1. The van der Waals surface area contributed by atoms with Gasteiger partial charge in [0.1, 0.15) is 12.1 Å². The molecule has 2 aromatic rings. The van der Waals surface area contributed by atoms with E-state index in [2.05, 4.69) is 5.32 Å². The zero-order valence-corrected chi connectivity index (χ0v) is 12.7. The number of benzene rings is 2. The molecule has 0 aliphatic carbocycles. The van der Waals surface area contributed by atoms with Crippen molar-refractivity contribution >= 4 is 23.0 Å². The smallest absolute Gasteiger partial charge is 0.270 e. The van der Waals surface area contributed by atoms with E-state index in [1.54, 1.807) is 4.90 Å². The SMILES string of the molecule is N#Cc1cc([N+](=O)[O-])ccc1NC1CCN(c2ccccc2)C1=O. The van der Waals surface area contributed by atoms with Gasteiger partial charge in [-0.2, -0.15) is 5.26 Å². The van der Waals surface area contributed by atoms with Gasteiger partial charge in [-0.1, -0.05) is 18.2 Å². The number of para-hydroxylation sites is 1. The predicted octanol–water partition coefficient (Wildman–Crippen LogP) is 2.68. The number of nitro benzene ring substituents is 1. The third-order valence-corrected chi connectivity index (χ3v) is 3.94. The maximum absolute atomic E-state index is 12.6. The average Bonchev–Trinajstić information content (AvgIpc) is 2.96. The first kappa shape index (κ1) is 15.5. The second-order valence-electron chi connectivity index (χ2n) is 5.41. The largest absolute Gasteiger partial charge is 0.373 e. The van der Waals surface area contributed by atoms with Crippen molar-refractivity contribution in [3.8, 4) is 6.07 Å². The van der Waals surface area contributed by atoms with Gasteiger partial charge in [0, 0.05) is 24.4 Å². The Bertz CT molecular complexity index is 829. The van der Waals surface area contributed by atoms with E-state index in [1.165, 1.54) is 18.2 Å². The van der Waals surface area contributed by atoms with Crippen molar-refractivity contribution in [2.75, 3.05) is 16.8 Å². The molecule has 7 nitrogen and oxygen atoms in total. The Labute approximate surface area is 138 Å². The molecule has 7 heteroatoms. The molecule has 2 aromatic carbocycles. The van der Waals surface area contributed by atoms with Crippen LogP contribution < -0.4 is 10.2 Å². The number of rotatable bonds is 4. The van der Waals surface area contributed by atoms with Gasteiger partial charge in [-0.25, -0.2) is 0 Å². The van der Waals surface area contributed by atoms with Crippen LogP contribution in [0.15, 0.2) is 48.5 Å². The standard InChI is InChI=1S/C17H14N4O3/c18-11-12-10-14(21(23)24)6-7-15(12)19-16-8-9-20(17(16)22)13-4-2-1-3-5-13/h1-7,10,16,19H,8-9H2. The number of anilines is 2. The maximum atomic E-state index is 12.6. The Hall–Kier alpha value is -3.40. The lowest BCUT2D eigenvalue weighted by atomic mass is 10.1. The second kappa shape index (κ2) is 6.38. The quantitative estimate of drug-likeness (QED) is 0.689. The molecule has 1 aliphatic heterocycles. The lowest BCUT2D eigenvalue weighted by Crippen LogP contribution is -2.33. The number of nitrogens with zero attached hydrogens (tertiary/aromatic N) is 3. The lowest BCUT2D eigenvalue weighted by Gasteiger charge is -2.18. The van der Waals surface area contributed by atoms with Crippen molar-refractivity contribution in [1.82, 2.24) is 0 Å². The number of nitrogens with one attached hydrogen (secondary N) is 1. The van der Waals surface area contributed by atoms with E-state index in [0.717, 1.165) is 5.69 Å². The Balaban J connectivity index is 1.79. The zero-order valence-electron chi connectivity index (χ0n) is 12.7. The Morgan fingerprint density at radius 3 is 2.67 bits per heavy atom. The summed E-state index contributed by atoms with van der Waals surface area (Å²) >= 11 is 0. The highest BCUT2D eigenvalue weighted by atomic mass is 16.6. The van der Waals surface area contributed by atoms with Crippen molar-refractivity contribution in [3.05, 3.63) is 64.2 Å². The van der Waals surface area contributed by atoms with Crippen LogP contribution in [0.3, 0.4) is 0 Å². The molecule has 0 bridgehead atoms. The van der Waals surface area contributed by atoms with Crippen LogP contribution in [0.4, 0.5) is 17.1 Å². The van der Waals surface area contributed by atoms with Gasteiger partial charge in [0.05, 0.1) is 16.2 Å². The Morgan fingerprint density at radius 1 is 1.25 bits per heavy atom. The van der Waals surface area contributed by atoms with Gasteiger partial charge < -0.3 is 10.2 Å². The molecular weight excluding hydrogens is 308 g/mol. The van der Waals surface area contributed by atoms with Gasteiger partial charge in [0.15, 0.2) is 0 Å². The Kier molecular flexibility index (Phi) is 4.12. The van der Waals surface area contributed by atoms with Crippen molar-refractivity contribution in [3.63, 3.8) is 0 Å². The number of non-ortho nitro benzene ring substituents is 1. The number of nitro groups is 1. The van der Waals surface area contributed by atoms with Crippen LogP contribution in [0.25, 0.3) is 0 Å². The van der Waals surface area contributed by atoms with Crippen LogP contribution in [0.5, 0.6) is 0 Å². The van der Waals surface area contributed by atoms with Gasteiger partial charge in [0.2, 0.25) is 5.91 Å². The van der Waals surface area contributed by atoms with E-state index < -0.39 is 11.0 Å². The van der Waals surface area contributed by atoms with Crippen molar-refractivity contribution in [2.24, 2.45) is 0 Å². The van der Waals surface area contributed by atoms with Gasteiger partial charge in [-0.15, -0.1) is 0 Å². The van der Waals surface area contributed by atoms with Crippen molar-refractivity contribution < 1.29 is 9.72 Å². The molecule has 1 atom stereocenters. The normalized spacial score (nSPS) is 16.7. The topological polar surface area (TPSA) is 99.3 Å². The summed E-state index contributed by atoms with van der Waals surface area (Å²) in [7, 11) is 0. The fourth-order valence-electron chi connectivity index (χ4n) is 2.73. The van der Waals surface area contributed by atoms with E-state index in [9.17, 15) is 20.2 Å². The van der Waals surface area contributed by atoms with Crippen LogP contribution in [0, 0.1) is 21.4 Å². The van der Waals surface area contributed by atoms with Gasteiger partial charge in [-0.3, -0.25) is 14.9 Å². The minimum atomic E-state index is -0.553. The highest BCUT2D eigenvalue weighted by molar-refractivity contribution is 6.01. The number of amides is 1. The fourth-order valence-corrected chi connectivity index (χ4v) is 2.73. The molecule has 1 N–H and O–H groups in total. The summed E-state index contributed by atoms with van der Waals surface area (Å²) in [5.41, 5.74) is 1.25. The first-order chi connectivity index (χ1) is 11.6. The summed E-state index contributed by atoms with van der Waals surface area (Å²) in [6.07, 6.45) is 0.593. The van der Waals surface area contributed by atoms with E-state index in [1.807, 2.05) is 36.4 Å². The molecule has 0 saturated carbocycles. The first-order valence-corrected chi connectivity index (χ1v) is 7.41. The molecule has 1 amide bonds. The van der Waals surface area contributed by atoms with Crippen LogP contribution in [0.2, 0.25) is 0 Å². The molecular formula is C17H14N4O3. The third-order valence-electron chi connectivity index (χ3n) is 3.94. The third kappa shape index (κ3) is 2.90. The molecule has 3 rings (SSSR count). The molecule has 0 spiro atoms. The maximum Gasteiger partial charge on any atom is 0.270 e. The summed E-state index contributed by atoms with van der Waals surface area (Å²) in [6.45, 7) is 0.579. The molecule has 1 aliphatic rings.